The molecule has 1 rings (SSSR count). The van der Waals surface area contributed by atoms with Gasteiger partial charge in [0.15, 0.2) is 0 Å². The Bertz CT molecular complexity index is 305. The molecule has 0 heterocycles. The van der Waals surface area contributed by atoms with E-state index in [1.807, 2.05) is 0 Å². The molecule has 0 aromatic heterocycles. The number of hydrogen-bond acceptors (Lipinski definition) is 3. The molecule has 0 aliphatic rings. The van der Waals surface area contributed by atoms with Gasteiger partial charge in [0.05, 0.1) is 4.90 Å². The van der Waals surface area contributed by atoms with Gasteiger partial charge in [0.25, 0.3) is 0 Å². The average Bonchev–Trinajstić information content (AvgIpc) is 2.23. The fourth-order valence-electron chi connectivity index (χ4n) is 1.17. The molecule has 84 valence electrons. The van der Waals surface area contributed by atoms with E-state index in [-0.39, 0.29) is 11.5 Å². The fraction of sp³-hybridized carbons (Fsp3) is 0.455. The molecule has 1 aromatic rings. The van der Waals surface area contributed by atoms with E-state index in [1.54, 1.807) is 17.8 Å². The summed E-state index contributed by atoms with van der Waals surface area (Å²) < 4.78 is 0. The number of benzene rings is 1. The van der Waals surface area contributed by atoms with Crippen LogP contribution in [0.5, 0.6) is 11.5 Å². The number of hydrogen-bond donors (Lipinski definition) is 2. The van der Waals surface area contributed by atoms with E-state index in [0.717, 1.165) is 29.9 Å². The van der Waals surface area contributed by atoms with Gasteiger partial charge in [0, 0.05) is 5.88 Å². The first-order chi connectivity index (χ1) is 7.24. The van der Waals surface area contributed by atoms with E-state index < -0.39 is 0 Å². The molecule has 0 fully saturated rings. The van der Waals surface area contributed by atoms with Crippen LogP contribution in [-0.2, 0) is 0 Å². The summed E-state index contributed by atoms with van der Waals surface area (Å²) in [6, 6.07) is 4.57. The van der Waals surface area contributed by atoms with Crippen LogP contribution >= 0.6 is 23.4 Å². The largest absolute Gasteiger partial charge is 0.508 e. The molecule has 4 heteroatoms. The molecule has 0 aliphatic heterocycles. The van der Waals surface area contributed by atoms with Crippen molar-refractivity contribution in [3.05, 3.63) is 18.2 Å². The second-order valence-electron chi connectivity index (χ2n) is 3.25. The van der Waals surface area contributed by atoms with Crippen LogP contribution in [0.1, 0.15) is 19.3 Å². The van der Waals surface area contributed by atoms with Gasteiger partial charge in [-0.2, -0.15) is 0 Å². The quantitative estimate of drug-likeness (QED) is 0.349. The minimum atomic E-state index is 0.191. The molecule has 15 heavy (non-hydrogen) atoms. The summed E-state index contributed by atoms with van der Waals surface area (Å²) in [5, 5.41) is 18.7. The Morgan fingerprint density at radius 2 is 1.93 bits per heavy atom. The van der Waals surface area contributed by atoms with Crippen LogP contribution in [0.15, 0.2) is 23.1 Å². The highest BCUT2D eigenvalue weighted by Gasteiger charge is 2.02. The van der Waals surface area contributed by atoms with Crippen molar-refractivity contribution < 1.29 is 10.2 Å². The zero-order valence-electron chi connectivity index (χ0n) is 8.45. The summed E-state index contributed by atoms with van der Waals surface area (Å²) in [5.41, 5.74) is 0. The van der Waals surface area contributed by atoms with Crippen LogP contribution in [0.2, 0.25) is 0 Å². The lowest BCUT2D eigenvalue weighted by molar-refractivity contribution is 0.448. The van der Waals surface area contributed by atoms with Gasteiger partial charge >= 0.3 is 0 Å². The van der Waals surface area contributed by atoms with Crippen LogP contribution in [0.25, 0.3) is 0 Å². The Hall–Kier alpha value is -0.540. The normalized spacial score (nSPS) is 10.5. The molecule has 0 atom stereocenters. The molecule has 2 N–H and O–H groups in total. The lowest BCUT2D eigenvalue weighted by Gasteiger charge is -2.04. The highest BCUT2D eigenvalue weighted by atomic mass is 35.5. The Morgan fingerprint density at radius 3 is 2.67 bits per heavy atom. The van der Waals surface area contributed by atoms with E-state index in [0.29, 0.717) is 5.88 Å². The summed E-state index contributed by atoms with van der Waals surface area (Å²) >= 11 is 7.12. The number of phenols is 2. The van der Waals surface area contributed by atoms with Crippen molar-refractivity contribution in [1.82, 2.24) is 0 Å². The lowest BCUT2D eigenvalue weighted by Crippen LogP contribution is -1.83. The van der Waals surface area contributed by atoms with Crippen molar-refractivity contribution in [2.24, 2.45) is 0 Å². The molecule has 0 saturated heterocycles. The number of thioether (sulfide) groups is 1. The van der Waals surface area contributed by atoms with Gasteiger partial charge in [-0.3, -0.25) is 0 Å². The van der Waals surface area contributed by atoms with Gasteiger partial charge in [-0.25, -0.2) is 0 Å². The topological polar surface area (TPSA) is 40.5 Å². The molecule has 0 aliphatic carbocycles. The average molecular weight is 247 g/mol. The minimum Gasteiger partial charge on any atom is -0.508 e. The molecule has 2 nitrogen and oxygen atoms in total. The molecular formula is C11H15ClO2S. The summed E-state index contributed by atoms with van der Waals surface area (Å²) in [5.74, 6) is 2.07. The molecule has 0 spiro atoms. The van der Waals surface area contributed by atoms with Crippen LogP contribution in [0, 0.1) is 0 Å². The number of unbranched alkanes of at least 4 members (excludes halogenated alkanes) is 2. The number of halogens is 1. The Morgan fingerprint density at radius 1 is 1.13 bits per heavy atom. The minimum absolute atomic E-state index is 0.191. The first-order valence-corrected chi connectivity index (χ1v) is 6.47. The van der Waals surface area contributed by atoms with E-state index in [9.17, 15) is 10.2 Å². The van der Waals surface area contributed by atoms with Crippen molar-refractivity contribution in [2.45, 2.75) is 24.2 Å². The third-order valence-corrected chi connectivity index (χ3v) is 3.38. The second kappa shape index (κ2) is 6.85. The van der Waals surface area contributed by atoms with Crippen LogP contribution in [0.3, 0.4) is 0 Å². The zero-order chi connectivity index (χ0) is 11.1. The highest BCUT2D eigenvalue weighted by molar-refractivity contribution is 7.99. The first kappa shape index (κ1) is 12.5. The number of aromatic hydroxyl groups is 2. The summed E-state index contributed by atoms with van der Waals surface area (Å²) in [6.45, 7) is 0. The molecule has 1 aromatic carbocycles. The van der Waals surface area contributed by atoms with Crippen molar-refractivity contribution in [3.63, 3.8) is 0 Å². The third kappa shape index (κ3) is 4.67. The Balaban J connectivity index is 2.33. The molecular weight excluding hydrogens is 232 g/mol. The maximum Gasteiger partial charge on any atom is 0.129 e. The molecule has 0 radical (unpaired) electrons. The molecule has 0 unspecified atom stereocenters. The summed E-state index contributed by atoms with van der Waals surface area (Å²) in [4.78, 5) is 0.737. The van der Waals surface area contributed by atoms with Gasteiger partial charge in [0.2, 0.25) is 0 Å². The van der Waals surface area contributed by atoms with Crippen molar-refractivity contribution in [2.75, 3.05) is 11.6 Å². The maximum atomic E-state index is 9.48. The third-order valence-electron chi connectivity index (χ3n) is 1.98. The van der Waals surface area contributed by atoms with Crippen molar-refractivity contribution in [3.8, 4) is 11.5 Å². The maximum absolute atomic E-state index is 9.48. The lowest BCUT2D eigenvalue weighted by atomic mass is 10.3. The monoisotopic (exact) mass is 246 g/mol. The SMILES string of the molecule is Oc1ccc(O)c(SCCCCCCl)c1. The van der Waals surface area contributed by atoms with Gasteiger partial charge in [-0.05, 0) is 36.8 Å². The predicted octanol–water partition coefficient (Wildman–Crippen LogP) is 3.60. The predicted molar refractivity (Wildman–Crippen MR) is 65.1 cm³/mol. The molecule has 0 amide bonds. The first-order valence-electron chi connectivity index (χ1n) is 4.95. The van der Waals surface area contributed by atoms with Gasteiger partial charge < -0.3 is 10.2 Å². The van der Waals surface area contributed by atoms with Gasteiger partial charge in [0.1, 0.15) is 11.5 Å². The summed E-state index contributed by atoms with van der Waals surface area (Å²) in [6.07, 6.45) is 3.22. The van der Waals surface area contributed by atoms with Crippen molar-refractivity contribution in [1.29, 1.82) is 0 Å². The van der Waals surface area contributed by atoms with Crippen molar-refractivity contribution >= 4 is 23.4 Å². The highest BCUT2D eigenvalue weighted by Crippen LogP contribution is 2.31. The van der Waals surface area contributed by atoms with E-state index in [2.05, 4.69) is 0 Å². The van der Waals surface area contributed by atoms with E-state index in [4.69, 9.17) is 11.6 Å². The molecule has 0 saturated carbocycles. The van der Waals surface area contributed by atoms with Gasteiger partial charge in [-0.15, -0.1) is 23.4 Å². The molecule has 0 bridgehead atoms. The van der Waals surface area contributed by atoms with E-state index >= 15 is 0 Å². The standard InChI is InChI=1S/C11H15ClO2S/c12-6-2-1-3-7-15-11-8-9(13)4-5-10(11)14/h4-5,8,13-14H,1-3,6-7H2. The second-order valence-corrected chi connectivity index (χ2v) is 4.76. The Kier molecular flexibility index (Phi) is 5.73. The Labute approximate surface area is 99.3 Å². The smallest absolute Gasteiger partial charge is 0.129 e. The summed E-state index contributed by atoms with van der Waals surface area (Å²) in [7, 11) is 0. The van der Waals surface area contributed by atoms with Gasteiger partial charge in [-0.1, -0.05) is 6.42 Å². The number of rotatable bonds is 6. The fourth-order valence-corrected chi connectivity index (χ4v) is 2.35. The number of phenolic OH excluding ortho intramolecular Hbond substituents is 2. The van der Waals surface area contributed by atoms with Crippen LogP contribution in [0.4, 0.5) is 0 Å². The van der Waals surface area contributed by atoms with Crippen LogP contribution < -0.4 is 0 Å². The van der Waals surface area contributed by atoms with E-state index in [1.165, 1.54) is 12.1 Å². The van der Waals surface area contributed by atoms with Crippen LogP contribution in [-0.4, -0.2) is 21.8 Å². The number of alkyl halides is 1. The zero-order valence-corrected chi connectivity index (χ0v) is 10.0.